The van der Waals surface area contributed by atoms with E-state index in [0.717, 1.165) is 30.3 Å². The third kappa shape index (κ3) is 5.82. The summed E-state index contributed by atoms with van der Waals surface area (Å²) in [7, 11) is 1.65. The van der Waals surface area contributed by atoms with Crippen LogP contribution in [0.2, 0.25) is 0 Å². The average molecular weight is 477 g/mol. The Bertz CT molecular complexity index is 1020. The van der Waals surface area contributed by atoms with Crippen LogP contribution < -0.4 is 20.7 Å². The van der Waals surface area contributed by atoms with Gasteiger partial charge in [0.25, 0.3) is 0 Å². The number of likely N-dealkylation sites (tertiary alicyclic amines) is 1. The number of methoxy groups -OCH3 is 1. The summed E-state index contributed by atoms with van der Waals surface area (Å²) in [6.07, 6.45) is 0.803. The lowest BCUT2D eigenvalue weighted by Crippen LogP contribution is -2.64. The van der Waals surface area contributed by atoms with Gasteiger partial charge in [0.2, 0.25) is 11.8 Å². The number of amides is 2. The molecule has 176 valence electrons. The predicted molar refractivity (Wildman–Crippen MR) is 123 cm³/mol. The number of para-hydroxylation sites is 1. The smallest absolute Gasteiger partial charge is 0.234 e. The normalized spacial score (nSPS) is 22.9. The molecular weight excluding hydrogens is 450 g/mol. The molecule has 33 heavy (non-hydrogen) atoms. The van der Waals surface area contributed by atoms with Gasteiger partial charge in [0.15, 0.2) is 0 Å². The van der Waals surface area contributed by atoms with Gasteiger partial charge in [-0.2, -0.15) is 0 Å². The molecule has 0 aromatic heterocycles. The van der Waals surface area contributed by atoms with Gasteiger partial charge in [-0.3, -0.25) is 19.8 Å². The first-order valence-corrected chi connectivity index (χ1v) is 11.7. The van der Waals surface area contributed by atoms with E-state index in [4.69, 9.17) is 4.74 Å². The van der Waals surface area contributed by atoms with Crippen molar-refractivity contribution >= 4 is 29.3 Å². The number of ether oxygens (including phenoxy) is 1. The summed E-state index contributed by atoms with van der Waals surface area (Å²) < 4.78 is 32.1. The van der Waals surface area contributed by atoms with Crippen molar-refractivity contribution in [3.8, 4) is 5.75 Å². The summed E-state index contributed by atoms with van der Waals surface area (Å²) in [4.78, 5) is 27.2. The summed E-state index contributed by atoms with van der Waals surface area (Å²) in [5.74, 6) is -1.38. The highest BCUT2D eigenvalue weighted by atomic mass is 32.2. The number of nitrogens with zero attached hydrogens (tertiary/aromatic N) is 1. The molecule has 7 nitrogen and oxygen atoms in total. The minimum atomic E-state index is -0.833. The molecule has 2 amide bonds. The lowest BCUT2D eigenvalue weighted by Gasteiger charge is -2.43. The molecule has 4 rings (SSSR count). The van der Waals surface area contributed by atoms with Gasteiger partial charge in [0, 0.05) is 37.3 Å². The second-order valence-corrected chi connectivity index (χ2v) is 9.18. The zero-order chi connectivity index (χ0) is 23.4. The fourth-order valence-electron chi connectivity index (χ4n) is 4.20. The monoisotopic (exact) mass is 476 g/mol. The summed E-state index contributed by atoms with van der Waals surface area (Å²) >= 11 is 1.22. The van der Waals surface area contributed by atoms with Crippen LogP contribution in [-0.4, -0.2) is 54.2 Å². The van der Waals surface area contributed by atoms with Gasteiger partial charge >= 0.3 is 0 Å². The third-order valence-electron chi connectivity index (χ3n) is 5.85. The Kier molecular flexibility index (Phi) is 7.46. The second kappa shape index (κ2) is 10.5. The second-order valence-electron chi connectivity index (χ2n) is 8.09. The van der Waals surface area contributed by atoms with E-state index in [9.17, 15) is 18.4 Å². The summed E-state index contributed by atoms with van der Waals surface area (Å²) in [6.45, 7) is 2.17. The molecule has 0 saturated carbocycles. The maximum atomic E-state index is 13.7. The Morgan fingerprint density at radius 2 is 2.09 bits per heavy atom. The fraction of sp³-hybridized carbons (Fsp3) is 0.391. The average Bonchev–Trinajstić information content (AvgIpc) is 2.80. The standard InChI is InChI=1S/C23H26F2N4O3S/c1-32-20-5-3-2-4-14(20)11-29-9-8-18-16(12-29)22(31)28-23(27-18)33-13-21(30)26-19-7-6-15(24)10-17(19)25/h2-7,10,16,18,23,27H,8-9,11-13H2,1H3,(H,26,30)(H,28,31). The van der Waals surface area contributed by atoms with E-state index < -0.39 is 23.0 Å². The first-order valence-electron chi connectivity index (χ1n) is 10.7. The van der Waals surface area contributed by atoms with E-state index in [1.54, 1.807) is 7.11 Å². The van der Waals surface area contributed by atoms with Crippen LogP contribution in [0.15, 0.2) is 42.5 Å². The Morgan fingerprint density at radius 3 is 2.88 bits per heavy atom. The van der Waals surface area contributed by atoms with Crippen LogP contribution in [0.25, 0.3) is 0 Å². The Hall–Kier alpha value is -2.69. The van der Waals surface area contributed by atoms with E-state index in [1.807, 2.05) is 24.3 Å². The minimum Gasteiger partial charge on any atom is -0.496 e. The number of hydrogen-bond acceptors (Lipinski definition) is 6. The summed E-state index contributed by atoms with van der Waals surface area (Å²) in [5, 5.41) is 8.75. The SMILES string of the molecule is COc1ccccc1CN1CCC2NC(SCC(=O)Nc3ccc(F)cc3F)NC(=O)C2C1. The molecule has 2 heterocycles. The summed E-state index contributed by atoms with van der Waals surface area (Å²) in [5.41, 5.74) is 0.591. The van der Waals surface area contributed by atoms with Crippen LogP contribution in [-0.2, 0) is 16.1 Å². The summed E-state index contributed by atoms with van der Waals surface area (Å²) in [6, 6.07) is 10.9. The van der Waals surface area contributed by atoms with Gasteiger partial charge in [-0.05, 0) is 24.6 Å². The molecule has 0 bridgehead atoms. The molecule has 2 aliphatic heterocycles. The molecule has 2 aliphatic rings. The number of rotatable bonds is 7. The predicted octanol–water partition coefficient (Wildman–Crippen LogP) is 2.54. The van der Waals surface area contributed by atoms with Gasteiger partial charge in [-0.15, -0.1) is 11.8 Å². The maximum absolute atomic E-state index is 13.7. The lowest BCUT2D eigenvalue weighted by atomic mass is 9.89. The first-order chi connectivity index (χ1) is 15.9. The largest absolute Gasteiger partial charge is 0.496 e. The molecule has 2 aromatic carbocycles. The van der Waals surface area contributed by atoms with E-state index >= 15 is 0 Å². The van der Waals surface area contributed by atoms with Gasteiger partial charge in [0.05, 0.1) is 24.5 Å². The number of fused-ring (bicyclic) bond motifs is 1. The number of halogens is 2. The number of carbonyl (C=O) groups excluding carboxylic acids is 2. The Morgan fingerprint density at radius 1 is 1.27 bits per heavy atom. The van der Waals surface area contributed by atoms with Crippen LogP contribution in [0.5, 0.6) is 5.75 Å². The van der Waals surface area contributed by atoms with E-state index in [-0.39, 0.29) is 29.3 Å². The molecule has 3 N–H and O–H groups in total. The number of hydrogen-bond donors (Lipinski definition) is 3. The zero-order valence-corrected chi connectivity index (χ0v) is 19.0. The van der Waals surface area contributed by atoms with Crippen LogP contribution in [0, 0.1) is 17.6 Å². The highest BCUT2D eigenvalue weighted by Crippen LogP contribution is 2.27. The third-order valence-corrected chi connectivity index (χ3v) is 6.86. The van der Waals surface area contributed by atoms with Crippen molar-refractivity contribution in [1.82, 2.24) is 15.5 Å². The fourth-order valence-corrected chi connectivity index (χ4v) is 5.06. The lowest BCUT2D eigenvalue weighted by molar-refractivity contribution is -0.130. The van der Waals surface area contributed by atoms with Crippen LogP contribution >= 0.6 is 11.8 Å². The van der Waals surface area contributed by atoms with Crippen molar-refractivity contribution < 1.29 is 23.1 Å². The first kappa shape index (κ1) is 23.5. The van der Waals surface area contributed by atoms with E-state index in [0.29, 0.717) is 19.2 Å². The quantitative estimate of drug-likeness (QED) is 0.570. The number of anilines is 1. The van der Waals surface area contributed by atoms with Crippen molar-refractivity contribution in [2.75, 3.05) is 31.3 Å². The molecular formula is C23H26F2N4O3S. The van der Waals surface area contributed by atoms with Crippen molar-refractivity contribution in [2.45, 2.75) is 24.5 Å². The molecule has 0 radical (unpaired) electrons. The van der Waals surface area contributed by atoms with Crippen molar-refractivity contribution in [1.29, 1.82) is 0 Å². The molecule has 0 aliphatic carbocycles. The number of carbonyl (C=O) groups is 2. The van der Waals surface area contributed by atoms with Gasteiger partial charge in [0.1, 0.15) is 22.9 Å². The molecule has 0 spiro atoms. The minimum absolute atomic E-state index is 0.00603. The zero-order valence-electron chi connectivity index (χ0n) is 18.1. The van der Waals surface area contributed by atoms with Gasteiger partial charge in [-0.25, -0.2) is 8.78 Å². The van der Waals surface area contributed by atoms with Crippen LogP contribution in [0.4, 0.5) is 14.5 Å². The van der Waals surface area contributed by atoms with Crippen molar-refractivity contribution in [2.24, 2.45) is 5.92 Å². The molecule has 2 saturated heterocycles. The maximum Gasteiger partial charge on any atom is 0.234 e. The van der Waals surface area contributed by atoms with Crippen LogP contribution in [0.3, 0.4) is 0 Å². The molecule has 3 unspecified atom stereocenters. The van der Waals surface area contributed by atoms with Crippen LogP contribution in [0.1, 0.15) is 12.0 Å². The molecule has 3 atom stereocenters. The Balaban J connectivity index is 1.27. The highest BCUT2D eigenvalue weighted by molar-refractivity contribution is 8.00. The topological polar surface area (TPSA) is 82.7 Å². The number of benzene rings is 2. The van der Waals surface area contributed by atoms with Crippen molar-refractivity contribution in [3.63, 3.8) is 0 Å². The molecule has 2 fully saturated rings. The Labute approximate surface area is 195 Å². The number of nitrogens with one attached hydrogen (secondary N) is 3. The molecule has 10 heteroatoms. The van der Waals surface area contributed by atoms with E-state index in [1.165, 1.54) is 17.8 Å². The van der Waals surface area contributed by atoms with Gasteiger partial charge < -0.3 is 15.4 Å². The van der Waals surface area contributed by atoms with Gasteiger partial charge in [-0.1, -0.05) is 18.2 Å². The highest BCUT2D eigenvalue weighted by Gasteiger charge is 2.40. The van der Waals surface area contributed by atoms with Crippen molar-refractivity contribution in [3.05, 3.63) is 59.7 Å². The van der Waals surface area contributed by atoms with E-state index in [2.05, 4.69) is 20.9 Å². The molecule has 2 aromatic rings. The number of piperidine rings is 1. The number of thioether (sulfide) groups is 1.